The Kier molecular flexibility index (Phi) is 5.73. The van der Waals surface area contributed by atoms with Crippen molar-refractivity contribution in [1.29, 1.82) is 0 Å². The summed E-state index contributed by atoms with van der Waals surface area (Å²) in [5, 5.41) is 3.99. The third-order valence-electron chi connectivity index (χ3n) is 2.47. The SMILES string of the molecule is C/C=C(/CCC(C)(C)C)O/N=C(\N)C(C)(C)C. The van der Waals surface area contributed by atoms with Crippen LogP contribution in [0.25, 0.3) is 0 Å². The lowest BCUT2D eigenvalue weighted by Gasteiger charge is -2.19. The quantitative estimate of drug-likeness (QED) is 0.349. The largest absolute Gasteiger partial charge is 0.384 e. The van der Waals surface area contributed by atoms with Gasteiger partial charge in [-0.25, -0.2) is 0 Å². The maximum absolute atomic E-state index is 5.83. The number of rotatable bonds is 4. The molecule has 0 spiro atoms. The molecule has 2 N–H and O–H groups in total. The first-order chi connectivity index (χ1) is 7.56. The fourth-order valence-electron chi connectivity index (χ4n) is 0.986. The molecule has 0 unspecified atom stereocenters. The molecule has 3 heteroatoms. The van der Waals surface area contributed by atoms with E-state index in [1.807, 2.05) is 33.8 Å². The lowest BCUT2D eigenvalue weighted by atomic mass is 9.90. The number of amidine groups is 1. The maximum Gasteiger partial charge on any atom is 0.145 e. The van der Waals surface area contributed by atoms with Gasteiger partial charge in [0.15, 0.2) is 0 Å². The van der Waals surface area contributed by atoms with Crippen LogP contribution in [0.2, 0.25) is 0 Å². The van der Waals surface area contributed by atoms with Crippen LogP contribution in [-0.4, -0.2) is 5.84 Å². The Morgan fingerprint density at radius 1 is 1.18 bits per heavy atom. The third-order valence-corrected chi connectivity index (χ3v) is 2.47. The van der Waals surface area contributed by atoms with Crippen molar-refractivity contribution in [1.82, 2.24) is 0 Å². The molecule has 0 saturated heterocycles. The topological polar surface area (TPSA) is 47.6 Å². The van der Waals surface area contributed by atoms with Gasteiger partial charge in [0.05, 0.1) is 0 Å². The minimum absolute atomic E-state index is 0.150. The predicted molar refractivity (Wildman–Crippen MR) is 74.6 cm³/mol. The van der Waals surface area contributed by atoms with E-state index in [9.17, 15) is 0 Å². The summed E-state index contributed by atoms with van der Waals surface area (Å²) in [5.74, 6) is 1.40. The molecule has 100 valence electrons. The second-order valence-electron chi connectivity index (χ2n) is 6.63. The summed E-state index contributed by atoms with van der Waals surface area (Å²) in [5.41, 5.74) is 5.99. The van der Waals surface area contributed by atoms with Crippen LogP contribution in [0.4, 0.5) is 0 Å². The van der Waals surface area contributed by atoms with Crippen molar-refractivity contribution in [2.75, 3.05) is 0 Å². The van der Waals surface area contributed by atoms with E-state index in [1.165, 1.54) is 0 Å². The first-order valence-corrected chi connectivity index (χ1v) is 6.22. The molecule has 0 heterocycles. The van der Waals surface area contributed by atoms with Crippen molar-refractivity contribution >= 4 is 5.84 Å². The van der Waals surface area contributed by atoms with Gasteiger partial charge in [-0.15, -0.1) is 0 Å². The summed E-state index contributed by atoms with van der Waals surface area (Å²) >= 11 is 0. The van der Waals surface area contributed by atoms with Crippen molar-refractivity contribution in [3.63, 3.8) is 0 Å². The second-order valence-corrected chi connectivity index (χ2v) is 6.63. The lowest BCUT2D eigenvalue weighted by molar-refractivity contribution is 0.199. The van der Waals surface area contributed by atoms with Crippen LogP contribution in [0.1, 0.15) is 61.3 Å². The monoisotopic (exact) mass is 240 g/mol. The van der Waals surface area contributed by atoms with Crippen LogP contribution in [-0.2, 0) is 4.84 Å². The van der Waals surface area contributed by atoms with Gasteiger partial charge in [-0.2, -0.15) is 0 Å². The summed E-state index contributed by atoms with van der Waals surface area (Å²) in [7, 11) is 0. The van der Waals surface area contributed by atoms with E-state index in [2.05, 4.69) is 25.9 Å². The minimum atomic E-state index is -0.150. The molecular formula is C14H28N2O. The fraction of sp³-hybridized carbons (Fsp3) is 0.786. The number of allylic oxidation sites excluding steroid dienone is 2. The first kappa shape index (κ1) is 16.0. The zero-order chi connectivity index (χ0) is 13.7. The van der Waals surface area contributed by atoms with Crippen molar-refractivity contribution in [3.05, 3.63) is 11.8 Å². The molecule has 0 aromatic carbocycles. The number of hydrogen-bond acceptors (Lipinski definition) is 2. The van der Waals surface area contributed by atoms with E-state index in [1.54, 1.807) is 0 Å². The Morgan fingerprint density at radius 3 is 2.06 bits per heavy atom. The number of oxime groups is 1. The first-order valence-electron chi connectivity index (χ1n) is 6.22. The van der Waals surface area contributed by atoms with E-state index in [0.717, 1.165) is 18.6 Å². The minimum Gasteiger partial charge on any atom is -0.384 e. The van der Waals surface area contributed by atoms with Crippen LogP contribution in [0.3, 0.4) is 0 Å². The van der Waals surface area contributed by atoms with Crippen molar-refractivity contribution in [2.24, 2.45) is 21.7 Å². The van der Waals surface area contributed by atoms with Gasteiger partial charge in [-0.3, -0.25) is 0 Å². The zero-order valence-corrected chi connectivity index (χ0v) is 12.4. The van der Waals surface area contributed by atoms with Crippen molar-refractivity contribution in [3.8, 4) is 0 Å². The zero-order valence-electron chi connectivity index (χ0n) is 12.4. The van der Waals surface area contributed by atoms with Gasteiger partial charge in [0.1, 0.15) is 11.6 Å². The molecule has 0 aliphatic rings. The number of nitrogens with zero attached hydrogens (tertiary/aromatic N) is 1. The molecule has 0 bridgehead atoms. The summed E-state index contributed by atoms with van der Waals surface area (Å²) < 4.78 is 0. The molecule has 17 heavy (non-hydrogen) atoms. The molecular weight excluding hydrogens is 212 g/mol. The lowest BCUT2D eigenvalue weighted by Crippen LogP contribution is -2.29. The van der Waals surface area contributed by atoms with Crippen LogP contribution in [0.15, 0.2) is 17.0 Å². The summed E-state index contributed by atoms with van der Waals surface area (Å²) in [4.78, 5) is 5.40. The average molecular weight is 240 g/mol. The van der Waals surface area contributed by atoms with Gasteiger partial charge in [0.2, 0.25) is 0 Å². The predicted octanol–water partition coefficient (Wildman–Crippen LogP) is 4.05. The van der Waals surface area contributed by atoms with Crippen LogP contribution in [0, 0.1) is 10.8 Å². The van der Waals surface area contributed by atoms with Gasteiger partial charge in [0.25, 0.3) is 0 Å². The van der Waals surface area contributed by atoms with E-state index < -0.39 is 0 Å². The molecule has 0 fully saturated rings. The highest BCUT2D eigenvalue weighted by Crippen LogP contribution is 2.24. The molecule has 0 amide bonds. The van der Waals surface area contributed by atoms with Crippen LogP contribution in [0.5, 0.6) is 0 Å². The van der Waals surface area contributed by atoms with Gasteiger partial charge in [-0.1, -0.05) is 46.7 Å². The third kappa shape index (κ3) is 7.83. The van der Waals surface area contributed by atoms with E-state index in [-0.39, 0.29) is 5.41 Å². The Labute approximate surface area is 106 Å². The molecule has 0 saturated carbocycles. The van der Waals surface area contributed by atoms with E-state index in [4.69, 9.17) is 10.6 Å². The molecule has 0 aromatic rings. The number of nitrogens with two attached hydrogens (primary N) is 1. The molecule has 0 aliphatic carbocycles. The molecule has 0 aromatic heterocycles. The normalized spacial score (nSPS) is 15.0. The second kappa shape index (κ2) is 6.08. The summed E-state index contributed by atoms with van der Waals surface area (Å²) in [6.45, 7) is 14.6. The number of hydrogen-bond donors (Lipinski definition) is 1. The molecule has 3 nitrogen and oxygen atoms in total. The standard InChI is InChI=1S/C14H28N2O/c1-8-11(9-10-13(2,3)4)17-16-12(15)14(5,6)7/h8H,9-10H2,1-7H3,(H2,15,16)/b11-8-. The van der Waals surface area contributed by atoms with Gasteiger partial charge in [-0.05, 0) is 24.8 Å². The van der Waals surface area contributed by atoms with E-state index >= 15 is 0 Å². The summed E-state index contributed by atoms with van der Waals surface area (Å²) in [6, 6.07) is 0. The van der Waals surface area contributed by atoms with Crippen molar-refractivity contribution in [2.45, 2.75) is 61.3 Å². The average Bonchev–Trinajstić information content (AvgIpc) is 2.14. The van der Waals surface area contributed by atoms with Gasteiger partial charge in [0, 0.05) is 11.8 Å². The molecule has 0 atom stereocenters. The maximum atomic E-state index is 5.83. The highest BCUT2D eigenvalue weighted by molar-refractivity contribution is 5.84. The highest BCUT2D eigenvalue weighted by atomic mass is 16.6. The van der Waals surface area contributed by atoms with Gasteiger partial charge >= 0.3 is 0 Å². The fourth-order valence-corrected chi connectivity index (χ4v) is 0.986. The molecule has 0 rings (SSSR count). The highest BCUT2D eigenvalue weighted by Gasteiger charge is 2.17. The molecule has 0 radical (unpaired) electrons. The summed E-state index contributed by atoms with van der Waals surface area (Å²) in [6.07, 6.45) is 3.91. The smallest absolute Gasteiger partial charge is 0.145 e. The molecule has 0 aliphatic heterocycles. The van der Waals surface area contributed by atoms with Crippen LogP contribution < -0.4 is 5.73 Å². The Hall–Kier alpha value is -0.990. The van der Waals surface area contributed by atoms with Crippen molar-refractivity contribution < 1.29 is 4.84 Å². The van der Waals surface area contributed by atoms with Crippen LogP contribution >= 0.6 is 0 Å². The van der Waals surface area contributed by atoms with E-state index in [0.29, 0.717) is 11.3 Å². The Balaban J connectivity index is 4.36. The Morgan fingerprint density at radius 2 is 1.71 bits per heavy atom. The van der Waals surface area contributed by atoms with Gasteiger partial charge < -0.3 is 10.6 Å². The Bertz CT molecular complexity index is 290.